The molecule has 0 unspecified atom stereocenters. The topological polar surface area (TPSA) is 32.8 Å². The molecule has 0 bridgehead atoms. The Labute approximate surface area is 139 Å². The minimum atomic E-state index is 0.292. The van der Waals surface area contributed by atoms with Crippen molar-refractivity contribution in [2.24, 2.45) is 0 Å². The fourth-order valence-corrected chi connectivity index (χ4v) is 3.53. The Kier molecular flexibility index (Phi) is 2.58. The first-order valence-electron chi connectivity index (χ1n) is 8.16. The fourth-order valence-electron chi connectivity index (χ4n) is 3.53. The molecule has 5 rings (SSSR count). The number of nitrogens with zero attached hydrogens (tertiary/aromatic N) is 2. The second-order valence-corrected chi connectivity index (χ2v) is 6.50. The van der Waals surface area contributed by atoms with Gasteiger partial charge in [0.2, 0.25) is 0 Å². The number of hydrogen-bond acceptors (Lipinski definition) is 4. The van der Waals surface area contributed by atoms with Crippen molar-refractivity contribution in [1.29, 1.82) is 0 Å². The summed E-state index contributed by atoms with van der Waals surface area (Å²) in [6.45, 7) is 4.32. The van der Waals surface area contributed by atoms with Gasteiger partial charge in [-0.3, -0.25) is 0 Å². The van der Waals surface area contributed by atoms with Crippen molar-refractivity contribution in [3.8, 4) is 0 Å². The Hall–Kier alpha value is -2.88. The second kappa shape index (κ2) is 4.57. The molecule has 4 heteroatoms. The zero-order valence-electron chi connectivity index (χ0n) is 13.9. The van der Waals surface area contributed by atoms with Crippen molar-refractivity contribution in [3.05, 3.63) is 54.4 Å². The van der Waals surface area contributed by atoms with Crippen LogP contribution in [-0.4, -0.2) is 18.1 Å². The maximum Gasteiger partial charge on any atom is 0.181 e. The predicted molar refractivity (Wildman–Crippen MR) is 97.1 cm³/mol. The quantitative estimate of drug-likeness (QED) is 0.482. The van der Waals surface area contributed by atoms with Crippen LogP contribution in [0.1, 0.15) is 12.5 Å². The van der Waals surface area contributed by atoms with Crippen LogP contribution in [0, 0.1) is 6.92 Å². The maximum atomic E-state index is 6.16. The van der Waals surface area contributed by atoms with Gasteiger partial charge in [0.05, 0.1) is 10.8 Å². The Bertz CT molecular complexity index is 1120. The molecule has 120 valence electrons. The molecule has 0 saturated heterocycles. The predicted octanol–water partition coefficient (Wildman–Crippen LogP) is 5.21. The zero-order chi connectivity index (χ0) is 16.4. The Balaban J connectivity index is 1.76. The maximum absolute atomic E-state index is 6.16. The van der Waals surface area contributed by atoms with Crippen LogP contribution in [0.3, 0.4) is 0 Å². The summed E-state index contributed by atoms with van der Waals surface area (Å²) in [5.41, 5.74) is 5.77. The Morgan fingerprint density at radius 2 is 1.67 bits per heavy atom. The standard InChI is InChI=1S/C20H18N2O2/c1-12-10-15-18(11-16(12)22-9-8-21(3)13(22)2)24-19-14-6-4-5-7-17(14)23-20(15)19/h4-11,13H,1-3H3/t13-/m0/s1. The number of anilines is 1. The van der Waals surface area contributed by atoms with Crippen molar-refractivity contribution in [1.82, 2.24) is 4.90 Å². The van der Waals surface area contributed by atoms with E-state index in [1.807, 2.05) is 24.3 Å². The number of para-hydroxylation sites is 1. The van der Waals surface area contributed by atoms with Crippen LogP contribution in [0.15, 0.2) is 57.6 Å². The summed E-state index contributed by atoms with van der Waals surface area (Å²) in [6, 6.07) is 12.3. The van der Waals surface area contributed by atoms with E-state index in [2.05, 4.69) is 55.2 Å². The van der Waals surface area contributed by atoms with Gasteiger partial charge in [0, 0.05) is 31.2 Å². The number of hydrogen-bond donors (Lipinski definition) is 0. The van der Waals surface area contributed by atoms with Gasteiger partial charge in [-0.05, 0) is 37.6 Å². The van der Waals surface area contributed by atoms with Crippen LogP contribution >= 0.6 is 0 Å². The van der Waals surface area contributed by atoms with E-state index in [0.29, 0.717) is 6.17 Å². The highest BCUT2D eigenvalue weighted by Gasteiger charge is 2.23. The first-order chi connectivity index (χ1) is 11.6. The van der Waals surface area contributed by atoms with Gasteiger partial charge in [0.15, 0.2) is 11.2 Å². The van der Waals surface area contributed by atoms with Crippen molar-refractivity contribution < 1.29 is 8.83 Å². The summed E-state index contributed by atoms with van der Waals surface area (Å²) in [5.74, 6) is 0. The number of rotatable bonds is 1. The number of fused-ring (bicyclic) bond motifs is 5. The molecule has 4 aromatic rings. The Morgan fingerprint density at radius 1 is 0.917 bits per heavy atom. The van der Waals surface area contributed by atoms with Gasteiger partial charge < -0.3 is 18.6 Å². The number of benzene rings is 2. The summed E-state index contributed by atoms with van der Waals surface area (Å²) in [7, 11) is 2.08. The van der Waals surface area contributed by atoms with Gasteiger partial charge in [-0.15, -0.1) is 0 Å². The first-order valence-corrected chi connectivity index (χ1v) is 8.16. The molecule has 2 aromatic heterocycles. The molecule has 0 radical (unpaired) electrons. The molecule has 0 fully saturated rings. The van der Waals surface area contributed by atoms with Gasteiger partial charge in [-0.1, -0.05) is 12.1 Å². The molecule has 3 heterocycles. The molecule has 4 nitrogen and oxygen atoms in total. The summed E-state index contributed by atoms with van der Waals surface area (Å²) in [4.78, 5) is 4.45. The first kappa shape index (κ1) is 13.5. The summed E-state index contributed by atoms with van der Waals surface area (Å²) in [5, 5.41) is 2.06. The number of aryl methyl sites for hydroxylation is 1. The SMILES string of the molecule is Cc1cc2c(cc1N1C=CN(C)[C@@H]1C)oc1c3ccccc3oc21. The number of furan rings is 2. The van der Waals surface area contributed by atoms with E-state index < -0.39 is 0 Å². The minimum absolute atomic E-state index is 0.292. The molecule has 0 aliphatic carbocycles. The molecule has 0 saturated carbocycles. The normalized spacial score (nSPS) is 17.9. The molecule has 1 aliphatic rings. The summed E-state index contributed by atoms with van der Waals surface area (Å²) >= 11 is 0. The molecule has 24 heavy (non-hydrogen) atoms. The molecule has 0 amide bonds. The smallest absolute Gasteiger partial charge is 0.181 e. The van der Waals surface area contributed by atoms with Gasteiger partial charge in [-0.25, -0.2) is 0 Å². The average Bonchev–Trinajstić information content (AvgIpc) is 3.21. The van der Waals surface area contributed by atoms with Crippen LogP contribution in [-0.2, 0) is 0 Å². The van der Waals surface area contributed by atoms with E-state index in [-0.39, 0.29) is 0 Å². The van der Waals surface area contributed by atoms with E-state index in [1.54, 1.807) is 0 Å². The van der Waals surface area contributed by atoms with Gasteiger partial charge in [0.25, 0.3) is 0 Å². The molecule has 0 N–H and O–H groups in total. The van der Waals surface area contributed by atoms with Crippen molar-refractivity contribution in [2.45, 2.75) is 20.0 Å². The highest BCUT2D eigenvalue weighted by Crippen LogP contribution is 2.39. The molecular formula is C20H18N2O2. The second-order valence-electron chi connectivity index (χ2n) is 6.50. The van der Waals surface area contributed by atoms with Crippen LogP contribution in [0.5, 0.6) is 0 Å². The molecule has 1 atom stereocenters. The third-order valence-corrected chi connectivity index (χ3v) is 5.04. The lowest BCUT2D eigenvalue weighted by molar-refractivity contribution is 0.383. The molecule has 2 aromatic carbocycles. The lowest BCUT2D eigenvalue weighted by atomic mass is 10.1. The zero-order valence-corrected chi connectivity index (χ0v) is 13.9. The fraction of sp³-hybridized carbons (Fsp3) is 0.200. The Morgan fingerprint density at radius 3 is 2.46 bits per heavy atom. The summed E-state index contributed by atoms with van der Waals surface area (Å²) in [6.07, 6.45) is 4.50. The van der Waals surface area contributed by atoms with E-state index >= 15 is 0 Å². The lowest BCUT2D eigenvalue weighted by Crippen LogP contribution is -2.33. The lowest BCUT2D eigenvalue weighted by Gasteiger charge is -2.28. The minimum Gasteiger partial charge on any atom is -0.452 e. The van der Waals surface area contributed by atoms with E-state index in [9.17, 15) is 0 Å². The van der Waals surface area contributed by atoms with Gasteiger partial charge >= 0.3 is 0 Å². The summed E-state index contributed by atoms with van der Waals surface area (Å²) < 4.78 is 12.2. The van der Waals surface area contributed by atoms with Gasteiger partial charge in [-0.2, -0.15) is 0 Å². The highest BCUT2D eigenvalue weighted by molar-refractivity contribution is 6.13. The van der Waals surface area contributed by atoms with Crippen molar-refractivity contribution in [2.75, 3.05) is 11.9 Å². The largest absolute Gasteiger partial charge is 0.452 e. The van der Waals surface area contributed by atoms with Crippen LogP contribution in [0.25, 0.3) is 33.1 Å². The average molecular weight is 318 g/mol. The van der Waals surface area contributed by atoms with Gasteiger partial charge in [0.1, 0.15) is 17.3 Å². The van der Waals surface area contributed by atoms with E-state index in [0.717, 1.165) is 38.8 Å². The third-order valence-electron chi connectivity index (χ3n) is 5.04. The van der Waals surface area contributed by atoms with Crippen LogP contribution in [0.4, 0.5) is 5.69 Å². The highest BCUT2D eigenvalue weighted by atomic mass is 16.4. The van der Waals surface area contributed by atoms with Crippen molar-refractivity contribution >= 4 is 38.8 Å². The van der Waals surface area contributed by atoms with E-state index in [4.69, 9.17) is 8.83 Å². The molecular weight excluding hydrogens is 300 g/mol. The van der Waals surface area contributed by atoms with Crippen molar-refractivity contribution in [3.63, 3.8) is 0 Å². The van der Waals surface area contributed by atoms with E-state index in [1.165, 1.54) is 5.56 Å². The molecule has 0 spiro atoms. The van der Waals surface area contributed by atoms with Crippen LogP contribution < -0.4 is 4.90 Å². The molecule has 1 aliphatic heterocycles. The van der Waals surface area contributed by atoms with Crippen LogP contribution in [0.2, 0.25) is 0 Å². The third kappa shape index (κ3) is 1.68. The monoisotopic (exact) mass is 318 g/mol.